The molecule has 1 heterocycles. The third-order valence-corrected chi connectivity index (χ3v) is 5.43. The van der Waals surface area contributed by atoms with Crippen LogP contribution in [0, 0.1) is 17.6 Å². The number of amides is 1. The fraction of sp³-hybridized carbons (Fsp3) is 0.417. The number of hydrogen-bond donors (Lipinski definition) is 2. The number of rotatable bonds is 6. The number of benzene rings is 2. The van der Waals surface area contributed by atoms with Gasteiger partial charge in [-0.05, 0) is 54.2 Å². The third-order valence-electron chi connectivity index (χ3n) is 5.43. The highest BCUT2D eigenvalue weighted by Gasteiger charge is 2.21. The number of ketones is 1. The molecule has 1 aliphatic rings. The number of piperidine rings is 1. The summed E-state index contributed by atoms with van der Waals surface area (Å²) in [7, 11) is 0. The number of quaternary nitrogens is 1. The molecule has 31 heavy (non-hydrogen) atoms. The largest absolute Gasteiger partial charge is 0.437 e. The van der Waals surface area contributed by atoms with E-state index in [1.807, 2.05) is 0 Å². The highest BCUT2D eigenvalue weighted by molar-refractivity contribution is 5.76. The van der Waals surface area contributed by atoms with Gasteiger partial charge in [0.25, 0.3) is 0 Å². The Hall–Kier alpha value is -2.80. The Morgan fingerprint density at radius 3 is 1.97 bits per heavy atom. The molecule has 2 aromatic carbocycles. The van der Waals surface area contributed by atoms with E-state index in [-0.39, 0.29) is 0 Å². The Bertz CT molecular complexity index is 822. The minimum absolute atomic E-state index is 0.333. The number of hydrogen-bond acceptors (Lipinski definition) is 3. The van der Waals surface area contributed by atoms with Gasteiger partial charge in [-0.3, -0.25) is 4.79 Å². The molecular weight excluding hydrogens is 402 g/mol. The average molecular weight is 434 g/mol. The summed E-state index contributed by atoms with van der Waals surface area (Å²) in [5.74, 6) is 0.305. The third kappa shape index (κ3) is 8.45. The van der Waals surface area contributed by atoms with Crippen molar-refractivity contribution in [3.63, 3.8) is 0 Å². The predicted octanol–water partition coefficient (Wildman–Crippen LogP) is 3.43. The van der Waals surface area contributed by atoms with E-state index in [1.165, 1.54) is 73.7 Å². The molecule has 1 amide bonds. The van der Waals surface area contributed by atoms with E-state index in [4.69, 9.17) is 10.5 Å². The number of carbonyl (C=O) groups excluding carboxylic acids is 2. The Morgan fingerprint density at radius 2 is 1.58 bits per heavy atom. The number of primary amides is 1. The van der Waals surface area contributed by atoms with Crippen molar-refractivity contribution in [3.8, 4) is 0 Å². The van der Waals surface area contributed by atoms with Crippen molar-refractivity contribution in [2.45, 2.75) is 39.2 Å². The van der Waals surface area contributed by atoms with E-state index in [2.05, 4.69) is 6.92 Å². The van der Waals surface area contributed by atoms with Crippen molar-refractivity contribution >= 4 is 11.9 Å². The summed E-state index contributed by atoms with van der Waals surface area (Å²) in [5.41, 5.74) is 5.75. The smallest absolute Gasteiger partial charge is 0.405 e. The fourth-order valence-electron chi connectivity index (χ4n) is 3.81. The van der Waals surface area contributed by atoms with Crippen molar-refractivity contribution in [1.29, 1.82) is 0 Å². The standard InChI is InChI=1S/C14H11F2NO2.C10H19NO/c15-11-5-1-3-9(7-11)13(19-14(17)18)10-4-2-6-12(16)8-10;1-3-10-4-6-11(7-5-10)8-9(2)12/h1-8,13H,(H2,17,18);10H,3-8H2,1-2H3/p+1. The molecule has 3 N–H and O–H groups in total. The van der Waals surface area contributed by atoms with Gasteiger partial charge in [0.05, 0.1) is 13.1 Å². The van der Waals surface area contributed by atoms with Crippen LogP contribution in [0.3, 0.4) is 0 Å². The van der Waals surface area contributed by atoms with E-state index in [9.17, 15) is 18.4 Å². The number of likely N-dealkylation sites (tertiary alicyclic amines) is 1. The SMILES string of the molecule is CCC1CC[NH+](CC(C)=O)CC1.NC(=O)OC(c1cccc(F)c1)c1cccc(F)c1. The van der Waals surface area contributed by atoms with Crippen LogP contribution in [0.5, 0.6) is 0 Å². The normalized spacial score (nSPS) is 18.1. The minimum atomic E-state index is -1.02. The van der Waals surface area contributed by atoms with E-state index >= 15 is 0 Å². The molecule has 5 nitrogen and oxygen atoms in total. The molecule has 2 aromatic rings. The molecule has 168 valence electrons. The van der Waals surface area contributed by atoms with Crippen molar-refractivity contribution in [2.24, 2.45) is 11.7 Å². The van der Waals surface area contributed by atoms with Crippen LogP contribution in [0.15, 0.2) is 48.5 Å². The van der Waals surface area contributed by atoms with Crippen LogP contribution in [0.25, 0.3) is 0 Å². The van der Waals surface area contributed by atoms with E-state index < -0.39 is 23.8 Å². The first-order chi connectivity index (χ1) is 14.8. The lowest BCUT2D eigenvalue weighted by molar-refractivity contribution is -0.898. The first-order valence-electron chi connectivity index (χ1n) is 10.6. The second-order valence-corrected chi connectivity index (χ2v) is 7.91. The van der Waals surface area contributed by atoms with Crippen molar-refractivity contribution in [1.82, 2.24) is 0 Å². The summed E-state index contributed by atoms with van der Waals surface area (Å²) in [4.78, 5) is 23.3. The first kappa shape index (κ1) is 24.5. The molecule has 0 unspecified atom stereocenters. The molecule has 1 saturated heterocycles. The maximum atomic E-state index is 13.2. The maximum absolute atomic E-state index is 13.2. The molecule has 3 rings (SSSR count). The Balaban J connectivity index is 0.000000245. The first-order valence-corrected chi connectivity index (χ1v) is 10.6. The lowest BCUT2D eigenvalue weighted by Crippen LogP contribution is -3.13. The van der Waals surface area contributed by atoms with Crippen LogP contribution in [0.1, 0.15) is 50.3 Å². The highest BCUT2D eigenvalue weighted by Crippen LogP contribution is 2.27. The van der Waals surface area contributed by atoms with Crippen LogP contribution in [0.2, 0.25) is 0 Å². The molecule has 0 atom stereocenters. The van der Waals surface area contributed by atoms with Gasteiger partial charge in [0.1, 0.15) is 18.2 Å². The van der Waals surface area contributed by atoms with Gasteiger partial charge >= 0.3 is 6.09 Å². The van der Waals surface area contributed by atoms with Gasteiger partial charge in [-0.25, -0.2) is 13.6 Å². The number of nitrogens with two attached hydrogens (primary N) is 1. The van der Waals surface area contributed by atoms with Crippen LogP contribution in [0.4, 0.5) is 13.6 Å². The van der Waals surface area contributed by atoms with E-state index in [0.29, 0.717) is 16.9 Å². The predicted molar refractivity (Wildman–Crippen MR) is 115 cm³/mol. The summed E-state index contributed by atoms with van der Waals surface area (Å²) in [6, 6.07) is 11.0. The summed E-state index contributed by atoms with van der Waals surface area (Å²) in [5, 5.41) is 0. The Labute approximate surface area is 182 Å². The number of nitrogens with one attached hydrogen (secondary N) is 1. The molecule has 0 spiro atoms. The summed E-state index contributed by atoms with van der Waals surface area (Å²) in [6.45, 7) is 7.12. The van der Waals surface area contributed by atoms with Crippen LogP contribution >= 0.6 is 0 Å². The average Bonchev–Trinajstić information content (AvgIpc) is 2.72. The molecular formula is C24H31F2N2O3+. The summed E-state index contributed by atoms with van der Waals surface area (Å²) >= 11 is 0. The van der Waals surface area contributed by atoms with Gasteiger partial charge in [0, 0.05) is 6.92 Å². The van der Waals surface area contributed by atoms with Gasteiger partial charge < -0.3 is 15.4 Å². The van der Waals surface area contributed by atoms with Crippen LogP contribution in [-0.2, 0) is 9.53 Å². The second-order valence-electron chi connectivity index (χ2n) is 7.91. The number of halogens is 2. The zero-order chi connectivity index (χ0) is 22.8. The van der Waals surface area contributed by atoms with E-state index in [1.54, 1.807) is 19.1 Å². The summed E-state index contributed by atoms with van der Waals surface area (Å²) < 4.78 is 31.4. The minimum Gasteiger partial charge on any atom is -0.437 e. The van der Waals surface area contributed by atoms with Crippen molar-refractivity contribution in [3.05, 3.63) is 71.3 Å². The molecule has 0 bridgehead atoms. The van der Waals surface area contributed by atoms with Gasteiger partial charge in [-0.15, -0.1) is 0 Å². The highest BCUT2D eigenvalue weighted by atomic mass is 19.1. The Kier molecular flexibility index (Phi) is 9.59. The Morgan fingerprint density at radius 1 is 1.06 bits per heavy atom. The van der Waals surface area contributed by atoms with Gasteiger partial charge in [0.2, 0.25) is 0 Å². The lowest BCUT2D eigenvalue weighted by atomic mass is 9.94. The van der Waals surface area contributed by atoms with Crippen molar-refractivity contribution in [2.75, 3.05) is 19.6 Å². The van der Waals surface area contributed by atoms with Crippen LogP contribution in [-0.4, -0.2) is 31.5 Å². The van der Waals surface area contributed by atoms with Gasteiger partial charge in [-0.2, -0.15) is 0 Å². The zero-order valence-electron chi connectivity index (χ0n) is 18.1. The number of ether oxygens (including phenoxy) is 1. The maximum Gasteiger partial charge on any atom is 0.405 e. The molecule has 0 radical (unpaired) electrons. The molecule has 0 aliphatic carbocycles. The van der Waals surface area contributed by atoms with Gasteiger partial charge in [-0.1, -0.05) is 37.6 Å². The van der Waals surface area contributed by atoms with Crippen molar-refractivity contribution < 1.29 is 28.0 Å². The number of carbonyl (C=O) groups is 2. The quantitative estimate of drug-likeness (QED) is 0.733. The molecule has 0 saturated carbocycles. The monoisotopic (exact) mass is 433 g/mol. The molecule has 1 aliphatic heterocycles. The molecule has 1 fully saturated rings. The summed E-state index contributed by atoms with van der Waals surface area (Å²) in [6.07, 6.45) is 1.99. The van der Waals surface area contributed by atoms with Crippen LogP contribution < -0.4 is 10.6 Å². The van der Waals surface area contributed by atoms with Gasteiger partial charge in [0.15, 0.2) is 11.9 Å². The second kappa shape index (κ2) is 12.2. The van der Waals surface area contributed by atoms with E-state index in [0.717, 1.165) is 12.5 Å². The number of Topliss-reactive ketones (excluding diaryl/α,β-unsaturated/α-hetero) is 1. The lowest BCUT2D eigenvalue weighted by Gasteiger charge is -2.27. The molecule has 0 aromatic heterocycles. The zero-order valence-corrected chi connectivity index (χ0v) is 18.1. The molecule has 7 heteroatoms. The topological polar surface area (TPSA) is 73.8 Å². The fourth-order valence-corrected chi connectivity index (χ4v) is 3.81.